The van der Waals surface area contributed by atoms with Crippen LogP contribution in [-0.2, 0) is 32.6 Å². The van der Waals surface area contributed by atoms with E-state index in [9.17, 15) is 17.0 Å². The minimum atomic E-state index is -7.81. The molecular formula is C102H136Cl2O4Si6Zr. The van der Waals surface area contributed by atoms with Crippen molar-refractivity contribution in [2.75, 3.05) is 0 Å². The van der Waals surface area contributed by atoms with Crippen molar-refractivity contribution in [2.24, 2.45) is 0 Å². The first-order valence-corrected chi connectivity index (χ1v) is 70.8. The van der Waals surface area contributed by atoms with Crippen molar-refractivity contribution < 1.29 is 32.6 Å². The zero-order valence-corrected chi connectivity index (χ0v) is 85.7. The second kappa shape index (κ2) is 28.5. The summed E-state index contributed by atoms with van der Waals surface area (Å²) in [4.78, 5) is 0. The van der Waals surface area contributed by atoms with Crippen molar-refractivity contribution in [1.29, 1.82) is 0 Å². The molecule has 10 aliphatic rings. The van der Waals surface area contributed by atoms with Gasteiger partial charge in [0.05, 0.1) is 0 Å². The molecule has 0 saturated carbocycles. The van der Waals surface area contributed by atoms with E-state index in [1.54, 1.807) is 0 Å². The molecule has 2 aliphatic heterocycles. The zero-order valence-electron chi connectivity index (χ0n) is 75.4. The molecule has 5 spiro atoms. The van der Waals surface area contributed by atoms with E-state index < -0.39 is 76.8 Å². The minimum absolute atomic E-state index is 0.0525. The van der Waals surface area contributed by atoms with Gasteiger partial charge < -0.3 is 0 Å². The number of hydrogen-bond acceptors (Lipinski definition) is 4. The Morgan fingerprint density at radius 3 is 0.652 bits per heavy atom. The third-order valence-electron chi connectivity index (χ3n) is 33.3. The van der Waals surface area contributed by atoms with Crippen molar-refractivity contribution in [3.8, 4) is 0 Å². The third kappa shape index (κ3) is 11.5. The number of benzene rings is 4. The topological polar surface area (TPSA) is 36.9 Å². The van der Waals surface area contributed by atoms with Gasteiger partial charge in [-0.3, -0.25) is 0 Å². The van der Waals surface area contributed by atoms with Gasteiger partial charge >= 0.3 is 631 Å². The maximum absolute atomic E-state index is 11.7. The van der Waals surface area contributed by atoms with Crippen LogP contribution in [0.3, 0.4) is 0 Å². The van der Waals surface area contributed by atoms with Crippen LogP contribution in [0.5, 0.6) is 0 Å². The van der Waals surface area contributed by atoms with Gasteiger partial charge in [0.1, 0.15) is 0 Å². The molecular weight excluding hydrogens is 1620 g/mol. The summed E-state index contributed by atoms with van der Waals surface area (Å²) in [5.41, 5.74) is 26.1. The first kappa shape index (κ1) is 86.7. The Labute approximate surface area is 707 Å². The predicted octanol–water partition coefficient (Wildman–Crippen LogP) is 31.0. The summed E-state index contributed by atoms with van der Waals surface area (Å²) in [6.45, 7) is 71.7. The summed E-state index contributed by atoms with van der Waals surface area (Å²) < 4.78 is 25.4. The van der Waals surface area contributed by atoms with Gasteiger partial charge in [0.15, 0.2) is 0 Å². The summed E-state index contributed by atoms with van der Waals surface area (Å²) in [6, 6.07) is 38.1. The molecule has 2 heterocycles. The van der Waals surface area contributed by atoms with Crippen LogP contribution in [-0.4, -0.2) is 50.9 Å². The number of hydrogen-bond donors (Lipinski definition) is 0. The van der Waals surface area contributed by atoms with Crippen molar-refractivity contribution in [1.82, 2.24) is 0 Å². The Morgan fingerprint density at radius 1 is 0.313 bits per heavy atom. The van der Waals surface area contributed by atoms with E-state index in [1.807, 2.05) is 0 Å². The second-order valence-corrected chi connectivity index (χ2v) is 102. The Kier molecular flexibility index (Phi) is 21.5. The Morgan fingerprint density at radius 2 is 0.487 bits per heavy atom. The molecule has 4 nitrogen and oxygen atoms in total. The molecule has 0 N–H and O–H groups in total. The van der Waals surface area contributed by atoms with E-state index >= 15 is 0 Å². The average molecular weight is 1760 g/mol. The van der Waals surface area contributed by atoms with Gasteiger partial charge in [-0.2, -0.15) is 0 Å². The first-order chi connectivity index (χ1) is 53.3. The summed E-state index contributed by atoms with van der Waals surface area (Å²) >= 11 is -7.81. The molecule has 4 aromatic rings. The van der Waals surface area contributed by atoms with E-state index in [1.165, 1.54) is 111 Å². The Bertz CT molecular complexity index is 4550. The SMILES string of the molecule is CC1=CC2=C(C=CC=CC2c2ccc(C(C)O[Si](C)(C)C(C)(C)C)cc2)[C]12[SiH](C)[C]1(C(C)=CC3=C1C=CC=CC3c1ccc(C(C)O[Si](C)(C)C(C)(C)C)cc1)[Zr]21([Cl])([Cl])[C]2(C(C)=CC3=C2C=CC=CC3c2ccc(C(C)O[Si](C)(C)C(C)(C)C)cc2)[SiH](C)[C]12C(C)=CC1=C2C=CC=CC1c1ccc(C(C)O[Si](C)(C)C(C)(C)C)cc1. The third-order valence-corrected chi connectivity index (χ3v) is 136. The molecule has 0 bridgehead atoms. The van der Waals surface area contributed by atoms with Crippen LogP contribution in [0.25, 0.3) is 0 Å². The summed E-state index contributed by atoms with van der Waals surface area (Å²) in [5, 5.41) is 0.321. The van der Waals surface area contributed by atoms with Crippen LogP contribution < -0.4 is 0 Å². The van der Waals surface area contributed by atoms with Crippen LogP contribution in [0.4, 0.5) is 0 Å². The molecule has 13 heteroatoms. The van der Waals surface area contributed by atoms with Gasteiger partial charge in [0.25, 0.3) is 0 Å². The van der Waals surface area contributed by atoms with Gasteiger partial charge in [-0.15, -0.1) is 0 Å². The van der Waals surface area contributed by atoms with E-state index in [4.69, 9.17) is 17.7 Å². The number of rotatable bonds is 16. The van der Waals surface area contributed by atoms with Crippen molar-refractivity contribution >= 4 is 67.9 Å². The molecule has 2 fully saturated rings. The molecule has 0 radical (unpaired) electrons. The van der Waals surface area contributed by atoms with Gasteiger partial charge in [-0.25, -0.2) is 0 Å². The molecule has 115 heavy (non-hydrogen) atoms. The molecule has 610 valence electrons. The molecule has 14 rings (SSSR count). The number of fused-ring (bicyclic) bond motifs is 8. The summed E-state index contributed by atoms with van der Waals surface area (Å²) in [6.07, 6.45) is 49.6. The molecule has 4 aromatic carbocycles. The van der Waals surface area contributed by atoms with Crippen LogP contribution in [0.15, 0.2) is 285 Å². The standard InChI is InChI=1S/2C51H68O2Si3.2ClH.Zr/c2*1-34-32-46-42(40-28-24-38(25-29-40)36(3)52-55(12,13)50(5,6)7)20-16-18-22-44(46)48(34)54(11)49-35(2)33-47-43(21-17-19-23-45(47)49)41-30-26-39(27-31-41)37(4)53-56(14,15)51(8,9)10;;;/h2*16-33,36-37,42-43,54H,1-15H3;2*1H;/q;;;;+2/p-2. The molecule has 8 aliphatic carbocycles. The Hall–Kier alpha value is -4.68. The fraction of sp³-hybridized carbons (Fsp3) is 0.451. The predicted molar refractivity (Wildman–Crippen MR) is 508 cm³/mol. The molecule has 0 aromatic heterocycles. The number of halogens is 2. The van der Waals surface area contributed by atoms with Gasteiger partial charge in [-0.1, -0.05) is 83.1 Å². The van der Waals surface area contributed by atoms with E-state index in [2.05, 4.69) is 423 Å². The summed E-state index contributed by atoms with van der Waals surface area (Å²) in [7, 11) is 9.73. The van der Waals surface area contributed by atoms with Crippen molar-refractivity contribution in [3.63, 3.8) is 0 Å². The van der Waals surface area contributed by atoms with Gasteiger partial charge in [0.2, 0.25) is 0 Å². The monoisotopic (exact) mass is 1750 g/mol. The van der Waals surface area contributed by atoms with Gasteiger partial charge in [0, 0.05) is 0 Å². The molecule has 2 saturated heterocycles. The first-order valence-electron chi connectivity index (χ1n) is 43.3. The summed E-state index contributed by atoms with van der Waals surface area (Å²) in [5.74, 6) is -0.371. The van der Waals surface area contributed by atoms with E-state index in [-0.39, 0.29) is 68.2 Å². The molecule has 12 atom stereocenters. The molecule has 0 amide bonds. The fourth-order valence-electron chi connectivity index (χ4n) is 24.5. The number of allylic oxidation sites excluding steroid dienone is 32. The zero-order chi connectivity index (χ0) is 84.0. The average Bonchev–Trinajstić information content (AvgIpc) is 1.50. The Balaban J connectivity index is 1.07. The van der Waals surface area contributed by atoms with Crippen LogP contribution in [0.1, 0.15) is 231 Å². The maximum atomic E-state index is 11.7. The van der Waals surface area contributed by atoms with E-state index in [0.717, 1.165) is 0 Å². The normalized spacial score (nSPS) is 30.2. The van der Waals surface area contributed by atoms with Crippen LogP contribution in [0.2, 0.25) is 96.6 Å². The van der Waals surface area contributed by atoms with Crippen LogP contribution in [0, 0.1) is 0 Å². The second-order valence-electron chi connectivity index (χ2n) is 42.7. The fourth-order valence-corrected chi connectivity index (χ4v) is 154. The van der Waals surface area contributed by atoms with Crippen molar-refractivity contribution in [3.05, 3.63) is 330 Å². The molecule has 12 unspecified atom stereocenters. The van der Waals surface area contributed by atoms with Crippen LogP contribution >= 0.6 is 17.0 Å². The quantitative estimate of drug-likeness (QED) is 0.105. The van der Waals surface area contributed by atoms with E-state index in [0.29, 0.717) is 0 Å². The van der Waals surface area contributed by atoms with Gasteiger partial charge in [-0.05, 0) is 0 Å². The van der Waals surface area contributed by atoms with Crippen molar-refractivity contribution in [2.45, 2.75) is 283 Å².